The fraction of sp³-hybridized carbons (Fsp3) is 0.444. The van der Waals surface area contributed by atoms with E-state index in [0.29, 0.717) is 5.95 Å². The van der Waals surface area contributed by atoms with E-state index < -0.39 is 0 Å². The number of nitrogen functional groups attached to an aromatic ring is 1. The third kappa shape index (κ3) is 3.38. The summed E-state index contributed by atoms with van der Waals surface area (Å²) in [7, 11) is 1.73. The first-order valence-electron chi connectivity index (χ1n) is 8.20. The van der Waals surface area contributed by atoms with Crippen LogP contribution in [0.1, 0.15) is 43.0 Å². The summed E-state index contributed by atoms with van der Waals surface area (Å²) in [6.07, 6.45) is 4.69. The summed E-state index contributed by atoms with van der Waals surface area (Å²) in [5, 5.41) is 0. The van der Waals surface area contributed by atoms with Crippen molar-refractivity contribution >= 4 is 11.8 Å². The number of methoxy groups -OCH3 is 1. The third-order valence-electron chi connectivity index (χ3n) is 4.40. The predicted molar refractivity (Wildman–Crippen MR) is 92.7 cm³/mol. The number of hydrogen-bond acceptors (Lipinski definition) is 5. The Morgan fingerprint density at radius 2 is 2.00 bits per heavy atom. The van der Waals surface area contributed by atoms with Crippen molar-refractivity contribution in [1.82, 2.24) is 9.97 Å². The highest BCUT2D eigenvalue weighted by Crippen LogP contribution is 2.37. The normalized spacial score (nSPS) is 18.5. The highest BCUT2D eigenvalue weighted by atomic mass is 16.5. The van der Waals surface area contributed by atoms with E-state index in [1.807, 2.05) is 25.1 Å². The Hall–Kier alpha value is -2.30. The molecular formula is C18H24N4O. The molecule has 1 aromatic carbocycles. The second-order valence-corrected chi connectivity index (χ2v) is 6.03. The molecule has 5 nitrogen and oxygen atoms in total. The smallest absolute Gasteiger partial charge is 0.222 e. The molecule has 0 aliphatic carbocycles. The van der Waals surface area contributed by atoms with E-state index in [1.54, 1.807) is 7.11 Å². The van der Waals surface area contributed by atoms with Gasteiger partial charge in [-0.15, -0.1) is 0 Å². The van der Waals surface area contributed by atoms with Gasteiger partial charge in [-0.3, -0.25) is 0 Å². The Morgan fingerprint density at radius 1 is 1.17 bits per heavy atom. The summed E-state index contributed by atoms with van der Waals surface area (Å²) in [5.74, 6) is 2.18. The number of nitrogens with two attached hydrogens (primary N) is 1. The van der Waals surface area contributed by atoms with E-state index in [1.165, 1.54) is 18.4 Å². The molecule has 0 amide bonds. The second-order valence-electron chi connectivity index (χ2n) is 6.03. The van der Waals surface area contributed by atoms with Gasteiger partial charge in [0, 0.05) is 23.9 Å². The Bertz CT molecular complexity index is 654. The first-order chi connectivity index (χ1) is 11.2. The zero-order chi connectivity index (χ0) is 16.2. The van der Waals surface area contributed by atoms with Crippen LogP contribution in [0.3, 0.4) is 0 Å². The van der Waals surface area contributed by atoms with E-state index >= 15 is 0 Å². The van der Waals surface area contributed by atoms with E-state index in [9.17, 15) is 0 Å². The van der Waals surface area contributed by atoms with Gasteiger partial charge in [-0.25, -0.2) is 4.98 Å². The molecule has 23 heavy (non-hydrogen) atoms. The first-order valence-corrected chi connectivity index (χ1v) is 8.20. The van der Waals surface area contributed by atoms with Crippen LogP contribution in [0.25, 0.3) is 0 Å². The molecule has 122 valence electrons. The van der Waals surface area contributed by atoms with Crippen molar-refractivity contribution in [3.8, 4) is 5.75 Å². The fourth-order valence-electron chi connectivity index (χ4n) is 3.37. The Kier molecular flexibility index (Phi) is 4.65. The minimum atomic E-state index is 0.252. The van der Waals surface area contributed by atoms with Crippen molar-refractivity contribution in [3.05, 3.63) is 41.6 Å². The average molecular weight is 312 g/mol. The van der Waals surface area contributed by atoms with Gasteiger partial charge in [-0.1, -0.05) is 31.0 Å². The molecular weight excluding hydrogens is 288 g/mol. The van der Waals surface area contributed by atoms with Crippen molar-refractivity contribution in [1.29, 1.82) is 0 Å². The number of benzene rings is 1. The summed E-state index contributed by atoms with van der Waals surface area (Å²) in [6.45, 7) is 2.93. The second kappa shape index (κ2) is 6.86. The van der Waals surface area contributed by atoms with Crippen molar-refractivity contribution in [3.63, 3.8) is 0 Å². The molecule has 0 bridgehead atoms. The number of aromatic nitrogens is 2. The predicted octanol–water partition coefficient (Wildman–Crippen LogP) is 3.50. The van der Waals surface area contributed by atoms with Crippen LogP contribution in [0.5, 0.6) is 5.75 Å². The highest BCUT2D eigenvalue weighted by Gasteiger charge is 2.26. The molecule has 5 heteroatoms. The minimum absolute atomic E-state index is 0.252. The van der Waals surface area contributed by atoms with Gasteiger partial charge in [0.2, 0.25) is 5.95 Å². The van der Waals surface area contributed by atoms with E-state index in [0.717, 1.165) is 36.6 Å². The summed E-state index contributed by atoms with van der Waals surface area (Å²) in [6, 6.07) is 10.5. The van der Waals surface area contributed by atoms with Gasteiger partial charge in [0.1, 0.15) is 11.6 Å². The Morgan fingerprint density at radius 3 is 2.78 bits per heavy atom. The molecule has 1 saturated heterocycles. The van der Waals surface area contributed by atoms with E-state index in [2.05, 4.69) is 27.0 Å². The molecule has 0 saturated carbocycles. The fourth-order valence-corrected chi connectivity index (χ4v) is 3.37. The quantitative estimate of drug-likeness (QED) is 0.939. The van der Waals surface area contributed by atoms with Gasteiger partial charge in [-0.05, 0) is 25.8 Å². The van der Waals surface area contributed by atoms with Gasteiger partial charge in [0.25, 0.3) is 0 Å². The van der Waals surface area contributed by atoms with Crippen LogP contribution in [0.4, 0.5) is 11.8 Å². The van der Waals surface area contributed by atoms with Crippen LogP contribution in [-0.4, -0.2) is 23.6 Å². The van der Waals surface area contributed by atoms with Crippen LogP contribution >= 0.6 is 0 Å². The lowest BCUT2D eigenvalue weighted by atomic mass is 9.99. The van der Waals surface area contributed by atoms with Gasteiger partial charge < -0.3 is 15.4 Å². The van der Waals surface area contributed by atoms with Crippen molar-refractivity contribution in [2.75, 3.05) is 24.3 Å². The van der Waals surface area contributed by atoms with Crippen LogP contribution in [0.15, 0.2) is 30.3 Å². The lowest BCUT2D eigenvalue weighted by Gasteiger charge is -2.32. The maximum Gasteiger partial charge on any atom is 0.222 e. The number of rotatable bonds is 3. The van der Waals surface area contributed by atoms with Crippen molar-refractivity contribution < 1.29 is 4.74 Å². The average Bonchev–Trinajstić information content (AvgIpc) is 2.79. The molecule has 0 spiro atoms. The van der Waals surface area contributed by atoms with Crippen LogP contribution in [0, 0.1) is 6.92 Å². The number of hydrogen-bond donors (Lipinski definition) is 1. The number of anilines is 2. The maximum atomic E-state index is 5.87. The van der Waals surface area contributed by atoms with Gasteiger partial charge in [0.05, 0.1) is 13.2 Å². The minimum Gasteiger partial charge on any atom is -0.496 e. The monoisotopic (exact) mass is 312 g/mol. The van der Waals surface area contributed by atoms with Crippen molar-refractivity contribution in [2.45, 2.75) is 38.6 Å². The molecule has 0 radical (unpaired) electrons. The number of nitrogens with zero attached hydrogens (tertiary/aromatic N) is 3. The number of para-hydroxylation sites is 1. The summed E-state index contributed by atoms with van der Waals surface area (Å²) in [4.78, 5) is 11.0. The molecule has 3 rings (SSSR count). The van der Waals surface area contributed by atoms with E-state index in [-0.39, 0.29) is 6.04 Å². The van der Waals surface area contributed by atoms with Crippen molar-refractivity contribution in [2.24, 2.45) is 0 Å². The molecule has 1 aliphatic rings. The molecule has 1 fully saturated rings. The lowest BCUT2D eigenvalue weighted by molar-refractivity contribution is 0.402. The van der Waals surface area contributed by atoms with Gasteiger partial charge >= 0.3 is 0 Å². The summed E-state index contributed by atoms with van der Waals surface area (Å²) < 4.78 is 5.59. The molecule has 2 aromatic rings. The molecule has 1 aliphatic heterocycles. The standard InChI is InChI=1S/C18H24N4O/c1-13-12-17(21-18(19)20-13)22-11-7-3-4-9-15(22)14-8-5-6-10-16(14)23-2/h5-6,8,10,12,15H,3-4,7,9,11H2,1-2H3,(H2,19,20,21)/t15-/m0/s1. The number of ether oxygens (including phenoxy) is 1. The van der Waals surface area contributed by atoms with Crippen LogP contribution in [0.2, 0.25) is 0 Å². The first kappa shape index (κ1) is 15.6. The van der Waals surface area contributed by atoms with Gasteiger partial charge in [0.15, 0.2) is 0 Å². The Labute approximate surface area is 137 Å². The molecule has 1 aromatic heterocycles. The van der Waals surface area contributed by atoms with Crippen LogP contribution < -0.4 is 15.4 Å². The largest absolute Gasteiger partial charge is 0.496 e. The Balaban J connectivity index is 2.03. The lowest BCUT2D eigenvalue weighted by Crippen LogP contribution is -2.30. The van der Waals surface area contributed by atoms with E-state index in [4.69, 9.17) is 10.5 Å². The summed E-state index contributed by atoms with van der Waals surface area (Å²) in [5.41, 5.74) is 7.98. The molecule has 2 heterocycles. The third-order valence-corrected chi connectivity index (χ3v) is 4.40. The topological polar surface area (TPSA) is 64.3 Å². The number of aryl methyl sites for hydroxylation is 1. The summed E-state index contributed by atoms with van der Waals surface area (Å²) >= 11 is 0. The molecule has 1 atom stereocenters. The van der Waals surface area contributed by atoms with Crippen LogP contribution in [-0.2, 0) is 0 Å². The zero-order valence-corrected chi connectivity index (χ0v) is 13.8. The SMILES string of the molecule is COc1ccccc1[C@@H]1CCCCCN1c1cc(C)nc(N)n1. The molecule has 2 N–H and O–H groups in total. The molecule has 0 unspecified atom stereocenters. The maximum absolute atomic E-state index is 5.87. The van der Waals surface area contributed by atoms with Gasteiger partial charge in [-0.2, -0.15) is 4.98 Å². The zero-order valence-electron chi connectivity index (χ0n) is 13.8. The highest BCUT2D eigenvalue weighted by molar-refractivity contribution is 5.49.